The Balaban J connectivity index is 2.28. The second-order valence-electron chi connectivity index (χ2n) is 7.77. The Morgan fingerprint density at radius 2 is 2.00 bits per heavy atom. The van der Waals surface area contributed by atoms with Crippen molar-refractivity contribution in [1.82, 2.24) is 14.8 Å². The molecule has 2 atom stereocenters. The molecule has 1 aromatic rings. The maximum atomic E-state index is 11.9. The van der Waals surface area contributed by atoms with Crippen LogP contribution in [0.3, 0.4) is 0 Å². The van der Waals surface area contributed by atoms with Gasteiger partial charge >= 0.3 is 5.97 Å². The minimum absolute atomic E-state index is 0.216. The van der Waals surface area contributed by atoms with Crippen LogP contribution in [0.5, 0.6) is 0 Å². The average Bonchev–Trinajstić information content (AvgIpc) is 2.98. The fourth-order valence-electron chi connectivity index (χ4n) is 2.93. The lowest BCUT2D eigenvalue weighted by molar-refractivity contribution is 0.0511. The first-order valence-corrected chi connectivity index (χ1v) is 11.1. The van der Waals surface area contributed by atoms with E-state index < -0.39 is 16.0 Å². The van der Waals surface area contributed by atoms with Crippen LogP contribution >= 0.6 is 10.0 Å². The van der Waals surface area contributed by atoms with Crippen molar-refractivity contribution in [1.29, 1.82) is 0 Å². The van der Waals surface area contributed by atoms with Crippen molar-refractivity contribution >= 4 is 16.0 Å². The van der Waals surface area contributed by atoms with Crippen LogP contribution in [0.2, 0.25) is 0 Å². The summed E-state index contributed by atoms with van der Waals surface area (Å²) < 4.78 is 7.33. The van der Waals surface area contributed by atoms with Crippen molar-refractivity contribution < 1.29 is 9.53 Å². The number of aromatic nitrogens is 3. The molecule has 2 rings (SSSR count). The average molecular weight is 342 g/mol. The number of carbonyl (C=O) groups is 1. The van der Waals surface area contributed by atoms with Gasteiger partial charge in [-0.25, -0.2) is 24.5 Å². The van der Waals surface area contributed by atoms with Crippen LogP contribution in [-0.2, 0) is 4.74 Å². The van der Waals surface area contributed by atoms with Crippen molar-refractivity contribution in [2.45, 2.75) is 64.2 Å². The number of nitrogens with zero attached hydrogens (tertiary/aromatic N) is 3. The molecule has 0 aromatic carbocycles. The van der Waals surface area contributed by atoms with E-state index in [-0.39, 0.29) is 5.82 Å². The number of rotatable bonds is 5. The molecule has 132 valence electrons. The molecular formula is C17H31N3O2S. The van der Waals surface area contributed by atoms with Gasteiger partial charge in [-0.05, 0) is 42.8 Å². The van der Waals surface area contributed by atoms with Crippen molar-refractivity contribution in [3.63, 3.8) is 0 Å². The maximum Gasteiger partial charge on any atom is 0.378 e. The highest BCUT2D eigenvalue weighted by atomic mass is 32.3. The molecule has 0 saturated carbocycles. The molecule has 0 radical (unpaired) electrons. The summed E-state index contributed by atoms with van der Waals surface area (Å²) in [5, 5.41) is 4.44. The zero-order valence-corrected chi connectivity index (χ0v) is 16.4. The van der Waals surface area contributed by atoms with Crippen LogP contribution in [0.15, 0.2) is 0 Å². The van der Waals surface area contributed by atoms with Gasteiger partial charge in [0.2, 0.25) is 0 Å². The van der Waals surface area contributed by atoms with Gasteiger partial charge in [-0.15, -0.1) is 5.10 Å². The largest absolute Gasteiger partial charge is 0.460 e. The number of carbonyl (C=O) groups excluding carboxylic acids is 1. The molecule has 0 aliphatic carbocycles. The number of ether oxygens (including phenoxy) is 1. The summed E-state index contributed by atoms with van der Waals surface area (Å²) in [6, 6.07) is 0.348. The minimum atomic E-state index is -0.774. The van der Waals surface area contributed by atoms with Gasteiger partial charge < -0.3 is 4.74 Å². The molecule has 23 heavy (non-hydrogen) atoms. The normalized spacial score (nSPS) is 22.0. The lowest BCUT2D eigenvalue weighted by Crippen LogP contribution is -2.27. The Hall–Kier alpha value is -1.04. The molecule has 2 unspecified atom stereocenters. The van der Waals surface area contributed by atoms with Crippen molar-refractivity contribution in [2.24, 2.45) is 0 Å². The summed E-state index contributed by atoms with van der Waals surface area (Å²) in [6.45, 7) is 11.3. The smallest absolute Gasteiger partial charge is 0.378 e. The molecule has 0 saturated heterocycles. The standard InChI is InChI=1S/C17H31N3O2S/c1-8-13-10-12(11-23(6,7)17(3,4)5)15-18-14(19-20(13)15)16(21)22-9-2/h12-13H,8-11H2,1-7H3. The van der Waals surface area contributed by atoms with Crippen LogP contribution in [0.4, 0.5) is 0 Å². The highest BCUT2D eigenvalue weighted by Crippen LogP contribution is 2.57. The summed E-state index contributed by atoms with van der Waals surface area (Å²) in [7, 11) is -0.774. The molecular weight excluding hydrogens is 310 g/mol. The third-order valence-electron chi connectivity index (χ3n) is 5.13. The van der Waals surface area contributed by atoms with E-state index in [0.29, 0.717) is 23.3 Å². The quantitative estimate of drug-likeness (QED) is 0.765. The van der Waals surface area contributed by atoms with Gasteiger partial charge in [0.15, 0.2) is 0 Å². The number of hydrogen-bond donors (Lipinski definition) is 0. The van der Waals surface area contributed by atoms with E-state index in [1.54, 1.807) is 6.92 Å². The zero-order chi connectivity index (χ0) is 17.4. The van der Waals surface area contributed by atoms with Gasteiger partial charge in [-0.3, -0.25) is 0 Å². The first kappa shape index (κ1) is 18.3. The fourth-order valence-corrected chi connectivity index (χ4v) is 4.72. The van der Waals surface area contributed by atoms with Crippen LogP contribution < -0.4 is 0 Å². The minimum Gasteiger partial charge on any atom is -0.460 e. The molecule has 0 bridgehead atoms. The van der Waals surface area contributed by atoms with Gasteiger partial charge in [-0.1, -0.05) is 27.7 Å². The third-order valence-corrected chi connectivity index (χ3v) is 9.68. The summed E-state index contributed by atoms with van der Waals surface area (Å²) >= 11 is 0. The second-order valence-corrected chi connectivity index (χ2v) is 12.4. The lowest BCUT2D eigenvalue weighted by Gasteiger charge is -2.46. The summed E-state index contributed by atoms with van der Waals surface area (Å²) in [4.78, 5) is 16.5. The van der Waals surface area contributed by atoms with Crippen LogP contribution in [-0.4, -0.2) is 50.4 Å². The van der Waals surface area contributed by atoms with Gasteiger partial charge in [0.25, 0.3) is 5.82 Å². The summed E-state index contributed by atoms with van der Waals surface area (Å²) in [5.74, 6) is 2.30. The molecule has 0 spiro atoms. The molecule has 6 heteroatoms. The van der Waals surface area contributed by atoms with E-state index >= 15 is 0 Å². The number of hydrogen-bond acceptors (Lipinski definition) is 4. The highest BCUT2D eigenvalue weighted by molar-refractivity contribution is 8.33. The highest BCUT2D eigenvalue weighted by Gasteiger charge is 2.39. The molecule has 1 aromatic heterocycles. The molecule has 2 heterocycles. The SMILES string of the molecule is CCOC(=O)c1nc2n(n1)C(CC)CC2CS(C)(C)C(C)(C)C. The third kappa shape index (κ3) is 3.57. The second kappa shape index (κ2) is 6.46. The van der Waals surface area contributed by atoms with E-state index in [1.165, 1.54) is 0 Å². The van der Waals surface area contributed by atoms with Gasteiger partial charge in [0, 0.05) is 5.92 Å². The van der Waals surface area contributed by atoms with E-state index in [2.05, 4.69) is 50.3 Å². The van der Waals surface area contributed by atoms with Crippen molar-refractivity contribution in [2.75, 3.05) is 24.9 Å². The lowest BCUT2D eigenvalue weighted by atomic mass is 10.0. The van der Waals surface area contributed by atoms with Gasteiger partial charge in [0.05, 0.1) is 12.6 Å². The van der Waals surface area contributed by atoms with Crippen LogP contribution in [0, 0.1) is 0 Å². The molecule has 0 N–H and O–H groups in total. The predicted molar refractivity (Wildman–Crippen MR) is 96.7 cm³/mol. The Kier molecular flexibility index (Phi) is 5.14. The molecule has 0 fully saturated rings. The van der Waals surface area contributed by atoms with E-state index in [9.17, 15) is 4.79 Å². The number of esters is 1. The maximum absolute atomic E-state index is 11.9. The predicted octanol–water partition coefficient (Wildman–Crippen LogP) is 3.76. The number of fused-ring (bicyclic) bond motifs is 1. The van der Waals surface area contributed by atoms with E-state index in [4.69, 9.17) is 4.74 Å². The molecule has 1 aliphatic heterocycles. The first-order chi connectivity index (χ1) is 10.6. The Bertz CT molecular complexity index is 575. The zero-order valence-electron chi connectivity index (χ0n) is 15.5. The molecule has 1 aliphatic rings. The monoisotopic (exact) mass is 341 g/mol. The van der Waals surface area contributed by atoms with Crippen molar-refractivity contribution in [3.05, 3.63) is 11.6 Å². The Morgan fingerprint density at radius 3 is 2.52 bits per heavy atom. The summed E-state index contributed by atoms with van der Waals surface area (Å²) in [6.07, 6.45) is 6.90. The van der Waals surface area contributed by atoms with Crippen LogP contribution in [0.1, 0.15) is 75.9 Å². The first-order valence-electron chi connectivity index (χ1n) is 8.44. The molecule has 0 amide bonds. The Morgan fingerprint density at radius 1 is 1.35 bits per heavy atom. The van der Waals surface area contributed by atoms with E-state index in [0.717, 1.165) is 24.4 Å². The van der Waals surface area contributed by atoms with Gasteiger partial charge in [0.1, 0.15) is 5.82 Å². The topological polar surface area (TPSA) is 57.0 Å². The van der Waals surface area contributed by atoms with Crippen LogP contribution in [0.25, 0.3) is 0 Å². The molecule has 5 nitrogen and oxygen atoms in total. The van der Waals surface area contributed by atoms with E-state index in [1.807, 2.05) is 4.68 Å². The Labute approximate surface area is 141 Å². The fraction of sp³-hybridized carbons (Fsp3) is 0.824. The van der Waals surface area contributed by atoms with Gasteiger partial charge in [-0.2, -0.15) is 0 Å². The summed E-state index contributed by atoms with van der Waals surface area (Å²) in [5.41, 5.74) is 0. The van der Waals surface area contributed by atoms with Crippen molar-refractivity contribution in [3.8, 4) is 0 Å².